The lowest BCUT2D eigenvalue weighted by atomic mass is 9.91. The largest absolute Gasteiger partial charge is 0.361 e. The number of ether oxygens (including phenoxy) is 8. The molecular formula is C29H50N12O13. The van der Waals surface area contributed by atoms with Gasteiger partial charge < -0.3 is 75.5 Å². The number of rotatable bonds is 5. The monoisotopic (exact) mass is 774 g/mol. The Kier molecular flexibility index (Phi) is 14.3. The Balaban J connectivity index is 0.000000238. The van der Waals surface area contributed by atoms with Crippen molar-refractivity contribution in [1.29, 1.82) is 5.53 Å². The first kappa shape index (κ1) is 44.2. The zero-order valence-electron chi connectivity index (χ0n) is 31.4. The second-order valence-electron chi connectivity index (χ2n) is 14.0. The third-order valence-corrected chi connectivity index (χ3v) is 8.33. The van der Waals surface area contributed by atoms with E-state index < -0.39 is 89.5 Å². The van der Waals surface area contributed by atoms with Crippen LogP contribution >= 0.6 is 0 Å². The topological polar surface area (TPSA) is 350 Å². The Morgan fingerprint density at radius 2 is 1.33 bits per heavy atom. The molecule has 0 radical (unpaired) electrons. The maximum atomic E-state index is 12.2. The number of primary amides is 1. The van der Waals surface area contributed by atoms with Crippen LogP contribution in [0.15, 0.2) is 26.1 Å². The third-order valence-electron chi connectivity index (χ3n) is 8.33. The van der Waals surface area contributed by atoms with Gasteiger partial charge in [-0.2, -0.15) is 5.53 Å². The number of hydrogen-bond acceptors (Lipinski definition) is 16. The summed E-state index contributed by atoms with van der Waals surface area (Å²) in [5.74, 6) is -2.29. The van der Waals surface area contributed by atoms with Crippen LogP contribution in [0.3, 0.4) is 0 Å². The molecule has 0 aliphatic carbocycles. The van der Waals surface area contributed by atoms with E-state index in [9.17, 15) is 24.0 Å². The number of aldehydes is 1. The Labute approximate surface area is 310 Å². The molecule has 6 aliphatic heterocycles. The van der Waals surface area contributed by atoms with Crippen molar-refractivity contribution in [1.82, 2.24) is 15.5 Å². The molecule has 25 heteroatoms. The van der Waals surface area contributed by atoms with Crippen LogP contribution < -0.4 is 27.9 Å². The highest BCUT2D eigenvalue weighted by molar-refractivity contribution is 6.37. The van der Waals surface area contributed by atoms with E-state index in [1.54, 1.807) is 27.7 Å². The van der Waals surface area contributed by atoms with E-state index in [-0.39, 0.29) is 18.8 Å². The lowest BCUT2D eigenvalue weighted by molar-refractivity contribution is -0.321. The van der Waals surface area contributed by atoms with E-state index in [4.69, 9.17) is 49.2 Å². The minimum atomic E-state index is -1.12. The van der Waals surface area contributed by atoms with Crippen molar-refractivity contribution in [3.63, 3.8) is 0 Å². The van der Waals surface area contributed by atoms with Crippen molar-refractivity contribution in [3.05, 3.63) is 0 Å². The fourth-order valence-electron chi connectivity index (χ4n) is 6.49. The van der Waals surface area contributed by atoms with Gasteiger partial charge in [0.15, 0.2) is 29.4 Å². The number of piperidine rings is 1. The number of fused-ring (bicyclic) bond motifs is 6. The number of nitrogens with zero attached hydrogens (tertiary/aromatic N) is 6. The van der Waals surface area contributed by atoms with Gasteiger partial charge in [-0.25, -0.2) is 0 Å². The fraction of sp³-hybridized carbons (Fsp3) is 0.828. The van der Waals surface area contributed by atoms with Gasteiger partial charge in [-0.3, -0.25) is 19.2 Å². The molecule has 0 aromatic rings. The molecule has 0 aromatic carbocycles. The molecular weight excluding hydrogens is 724 g/mol. The van der Waals surface area contributed by atoms with Crippen molar-refractivity contribution in [2.24, 2.45) is 43.4 Å². The fourth-order valence-corrected chi connectivity index (χ4v) is 6.49. The van der Waals surface area contributed by atoms with E-state index in [0.717, 1.165) is 0 Å². The van der Waals surface area contributed by atoms with Crippen LogP contribution in [0.1, 0.15) is 55.4 Å². The summed E-state index contributed by atoms with van der Waals surface area (Å²) >= 11 is 0. The van der Waals surface area contributed by atoms with Gasteiger partial charge in [-0.05, 0) is 83.3 Å². The zero-order valence-corrected chi connectivity index (χ0v) is 31.4. The van der Waals surface area contributed by atoms with Gasteiger partial charge in [0.1, 0.15) is 42.8 Å². The van der Waals surface area contributed by atoms with E-state index >= 15 is 0 Å². The number of amides is 4. The van der Waals surface area contributed by atoms with Gasteiger partial charge in [0.25, 0.3) is 0 Å². The summed E-state index contributed by atoms with van der Waals surface area (Å²) in [5, 5.41) is 18.7. The van der Waals surface area contributed by atoms with E-state index in [1.807, 2.05) is 27.7 Å². The van der Waals surface area contributed by atoms with Crippen molar-refractivity contribution < 1.29 is 61.9 Å². The summed E-state index contributed by atoms with van der Waals surface area (Å²) in [4.78, 5) is 59.4. The van der Waals surface area contributed by atoms with E-state index in [0.29, 0.717) is 12.9 Å². The highest BCUT2D eigenvalue weighted by Crippen LogP contribution is 2.43. The first-order valence-electron chi connectivity index (χ1n) is 16.6. The molecule has 9 N–H and O–H groups in total. The van der Waals surface area contributed by atoms with E-state index in [1.165, 1.54) is 11.9 Å². The van der Waals surface area contributed by atoms with Crippen LogP contribution in [0.5, 0.6) is 0 Å². The quantitative estimate of drug-likeness (QED) is 0.0599. The molecule has 6 heterocycles. The number of nitrogens with one attached hydrogen (secondary N) is 3. The smallest absolute Gasteiger partial charge is 0.314 e. The van der Waals surface area contributed by atoms with E-state index in [2.05, 4.69) is 48.3 Å². The predicted molar refractivity (Wildman–Crippen MR) is 176 cm³/mol. The summed E-state index contributed by atoms with van der Waals surface area (Å²) < 4.78 is 46.2. The third kappa shape index (κ3) is 10.5. The van der Waals surface area contributed by atoms with Crippen LogP contribution in [-0.2, 0) is 61.9 Å². The van der Waals surface area contributed by atoms with Crippen molar-refractivity contribution >= 4 is 29.9 Å². The minimum Gasteiger partial charge on any atom is -0.361 e. The van der Waals surface area contributed by atoms with Crippen molar-refractivity contribution in [2.45, 2.75) is 133 Å². The van der Waals surface area contributed by atoms with Crippen LogP contribution in [-0.4, -0.2) is 133 Å². The molecule has 6 rings (SSSR count). The standard InChI is InChI=1S/C14H22N2O7.C14H20N2O6.CH5N.H3N7/c1-13(2)20-6-7(16-12(19)11(15)18)9(22-13)10-8(5-17)21-14(3,4)23-10;1-13(2)19-5-6-7(20-13)8-9(22-14(3,4)21-8)10-15-11(17)12(18)16(6)10;1-2;1-3-5-7-6-4-2/h5,7-10H,6H2,1-4H3,(H2,15,18)(H,16,19);6-10H,5H2,1-4H3,(H,15,17);2H2,1H3;(H3,1,2,5,6)/t7-,8-,9?,10-;6-,7?,8+,9+,10+;;/m11../s1. The van der Waals surface area contributed by atoms with Crippen LogP contribution in [0.25, 0.3) is 0 Å². The average molecular weight is 775 g/mol. The highest BCUT2D eigenvalue weighted by atomic mass is 16.8. The van der Waals surface area contributed by atoms with Gasteiger partial charge >= 0.3 is 23.6 Å². The van der Waals surface area contributed by atoms with Crippen molar-refractivity contribution in [2.75, 3.05) is 20.3 Å². The van der Waals surface area contributed by atoms with Gasteiger partial charge in [0, 0.05) is 0 Å². The van der Waals surface area contributed by atoms with Crippen LogP contribution in [0.4, 0.5) is 0 Å². The summed E-state index contributed by atoms with van der Waals surface area (Å²) in [6.07, 6.45) is -3.51. The summed E-state index contributed by atoms with van der Waals surface area (Å²) in [6, 6.07) is -1.09. The summed E-state index contributed by atoms with van der Waals surface area (Å²) in [6.45, 7) is 14.4. The Morgan fingerprint density at radius 1 is 0.796 bits per heavy atom. The van der Waals surface area contributed by atoms with Gasteiger partial charge in [0.2, 0.25) is 0 Å². The number of carbonyl (C=O) groups is 5. The van der Waals surface area contributed by atoms with Crippen LogP contribution in [0, 0.1) is 5.53 Å². The normalized spacial score (nSPS) is 35.0. The van der Waals surface area contributed by atoms with Crippen LogP contribution in [0.2, 0.25) is 0 Å². The second kappa shape index (κ2) is 17.5. The molecule has 25 nitrogen and oxygen atoms in total. The van der Waals surface area contributed by atoms with Gasteiger partial charge in [-0.1, -0.05) is 5.22 Å². The summed E-state index contributed by atoms with van der Waals surface area (Å²) in [7, 11) is 1.50. The minimum absolute atomic E-state index is 0.0720. The number of nitrogens with two attached hydrogens (primary N) is 3. The molecule has 6 fully saturated rings. The molecule has 0 saturated carbocycles. The lowest BCUT2D eigenvalue weighted by Gasteiger charge is -2.51. The SMILES string of the molecule is CC1(C)OC[C@@H](NC(=O)C(N)=O)C([C@@H]2OC(C)(C)O[C@@H]2C=O)O1.CC1(C)OC[C@@H]2C(O1)[C@@H]1OC(C)(C)O[C@@H]1[C@H]1NC(=O)C(=O)N21.CN.N=N/N=N/N=N/N. The molecule has 0 spiro atoms. The Morgan fingerprint density at radius 3 is 1.91 bits per heavy atom. The van der Waals surface area contributed by atoms with Gasteiger partial charge in [-0.15, -0.1) is 0 Å². The molecule has 2 unspecified atom stereocenters. The number of carbonyl (C=O) groups excluding carboxylic acids is 5. The second-order valence-corrected chi connectivity index (χ2v) is 14.0. The number of hydrogen-bond donors (Lipinski definition) is 6. The Bertz CT molecular complexity index is 1460. The Hall–Kier alpha value is -4.21. The maximum absolute atomic E-state index is 12.2. The molecule has 0 bridgehead atoms. The molecule has 54 heavy (non-hydrogen) atoms. The lowest BCUT2D eigenvalue weighted by Crippen LogP contribution is -2.71. The molecule has 4 amide bonds. The summed E-state index contributed by atoms with van der Waals surface area (Å²) in [5.41, 5.74) is 15.5. The van der Waals surface area contributed by atoms with Gasteiger partial charge in [0.05, 0.1) is 25.3 Å². The van der Waals surface area contributed by atoms with Crippen molar-refractivity contribution in [3.8, 4) is 0 Å². The molecule has 0 aromatic heterocycles. The first-order valence-corrected chi connectivity index (χ1v) is 16.6. The average Bonchev–Trinajstić information content (AvgIpc) is 3.71. The molecule has 9 atom stereocenters. The zero-order chi connectivity index (χ0) is 40.8. The molecule has 6 aliphatic rings. The first-order chi connectivity index (χ1) is 25.1. The molecule has 6 saturated heterocycles. The predicted octanol–water partition coefficient (Wildman–Crippen LogP) is -1.65. The molecule has 304 valence electrons. The highest BCUT2D eigenvalue weighted by Gasteiger charge is 2.64. The maximum Gasteiger partial charge on any atom is 0.314 e.